The van der Waals surface area contributed by atoms with Crippen LogP contribution in [0.1, 0.15) is 133 Å². The van der Waals surface area contributed by atoms with Crippen LogP contribution in [0.3, 0.4) is 0 Å². The maximum absolute atomic E-state index is 13.1. The Morgan fingerprint density at radius 1 is 0.465 bits per heavy atom. The summed E-state index contributed by atoms with van der Waals surface area (Å²) in [6.45, 7) is 17.0. The SMILES string of the molecule is CC(=O)N1CC(NCc2ccc(-c3ccc4cc3C/C=C\CCOc3nc(N)c5nc(C)n(c5n3)C4)cc2)C1.Cc1nc2c(N)nc3nc2n1Cc1ccc(-c2ccc(CNC4(C)CCC4)cc2)c(c1)C/C=C/CCO3.Cc1nc2c(N)nc3nc2n1Cc1ccc(-c2ccc(CNC4CC(F)(F)C4)cc2)c(c1)C/C=C/CCO3. The number of nitrogen functional groups attached to an aromatic ring is 3. The number of anilines is 3. The second kappa shape index (κ2) is 33.1. The monoisotopic (exact) mass is 1530 g/mol. The molecule has 2 aliphatic carbocycles. The maximum Gasteiger partial charge on any atom is 0.320 e. The van der Waals surface area contributed by atoms with Crippen molar-refractivity contribution in [2.24, 2.45) is 0 Å². The van der Waals surface area contributed by atoms with Crippen molar-refractivity contribution in [1.29, 1.82) is 0 Å². The molecule has 25 heteroatoms. The number of carbonyl (C=O) groups is 1. The number of carbonyl (C=O) groups excluding carboxylic acids is 1. The summed E-state index contributed by atoms with van der Waals surface area (Å²) in [7, 11) is 0. The third kappa shape index (κ3) is 17.4. The average molecular weight is 1530 g/mol. The minimum absolute atomic E-state index is 0.0731. The third-order valence-electron chi connectivity index (χ3n) is 22.5. The Labute approximate surface area is 661 Å². The lowest BCUT2D eigenvalue weighted by Crippen LogP contribution is -2.59. The van der Waals surface area contributed by atoms with Crippen LogP contribution in [-0.2, 0) is 63.3 Å². The standard InChI is InChI=1S/C30H33N7O2.C30H34N6O.C29H30F2N6O/c1-19-33-27-28(31)34-30-35-29(27)37(19)16-22-9-12-26(24(14-22)6-4-3-5-13-39-30)23-10-7-21(8-11-23)15-32-25-17-36(18-25)20(2)38;1-20-33-26-27(31)34-29-35-28(26)36(20)19-22-10-13-25(24(17-22)7-4-3-5-16-37-29)23-11-8-21(9-12-23)18-32-30(2)14-6-15-30;1-18-34-25-26(32)35-28-36-27(25)37(18)17-20-8-11-24(22(13-20)5-3-2-4-12-38-28)21-9-6-19(7-10-21)16-33-23-14-29(30,31)15-23/h3-4,7-12,14,25,32H,5-6,13,15-18H2,1-2H3,(H2,31,34,35);3-4,8-13,17,32H,5-7,14-16,18-19H2,1-2H3,(H2,31,34,35);2-3,6-11,13,23,33H,4-5,12,14-17H2,1H3,(H2,32,35,36)/b4-3-;4-3+;3-2+. The Hall–Kier alpha value is -11.8. The van der Waals surface area contributed by atoms with Gasteiger partial charge in [-0.15, -0.1) is 0 Å². The first-order valence-corrected chi connectivity index (χ1v) is 39.6. The van der Waals surface area contributed by atoms with Crippen LogP contribution in [0.15, 0.2) is 164 Å². The molecular weight excluding hydrogens is 1440 g/mol. The molecule has 6 aromatic heterocycles. The summed E-state index contributed by atoms with van der Waals surface area (Å²) in [4.78, 5) is 53.8. The molecule has 9 N–H and O–H groups in total. The molecule has 4 aliphatic heterocycles. The highest BCUT2D eigenvalue weighted by molar-refractivity contribution is 5.85. The predicted molar refractivity (Wildman–Crippen MR) is 442 cm³/mol. The molecule has 2 saturated carbocycles. The van der Waals surface area contributed by atoms with Gasteiger partial charge in [-0.3, -0.25) is 4.79 Å². The van der Waals surface area contributed by atoms with Crippen LogP contribution in [0, 0.1) is 20.8 Å². The van der Waals surface area contributed by atoms with Crippen molar-refractivity contribution in [3.8, 4) is 51.4 Å². The predicted octanol–water partition coefficient (Wildman–Crippen LogP) is 14.2. The van der Waals surface area contributed by atoms with E-state index in [1.54, 1.807) is 6.92 Å². The Morgan fingerprint density at radius 2 is 0.816 bits per heavy atom. The molecular formula is C89H97F2N19O4. The molecule has 0 radical (unpaired) electrons. The van der Waals surface area contributed by atoms with Gasteiger partial charge in [0.05, 0.1) is 39.5 Å². The molecule has 10 heterocycles. The first-order valence-electron chi connectivity index (χ1n) is 39.6. The Balaban J connectivity index is 0.000000129. The quantitative estimate of drug-likeness (QED) is 0.0620. The molecule has 586 valence electrons. The van der Waals surface area contributed by atoms with Crippen LogP contribution in [0.4, 0.5) is 26.2 Å². The second-order valence-corrected chi connectivity index (χ2v) is 31.0. The number of allylic oxidation sites excluding steroid dienone is 3. The minimum atomic E-state index is -2.50. The summed E-state index contributed by atoms with van der Waals surface area (Å²) in [6.07, 6.45) is 21.5. The van der Waals surface area contributed by atoms with Gasteiger partial charge in [0.15, 0.2) is 50.9 Å². The van der Waals surface area contributed by atoms with Crippen molar-refractivity contribution in [1.82, 2.24) is 79.4 Å². The summed E-state index contributed by atoms with van der Waals surface area (Å²) in [5, 5.41) is 10.5. The molecule has 6 aliphatic rings. The van der Waals surface area contributed by atoms with Crippen LogP contribution < -0.4 is 47.4 Å². The van der Waals surface area contributed by atoms with Gasteiger partial charge in [0, 0.05) is 70.1 Å². The van der Waals surface area contributed by atoms with E-state index >= 15 is 0 Å². The summed E-state index contributed by atoms with van der Waals surface area (Å²) < 4.78 is 49.8. The third-order valence-corrected chi connectivity index (χ3v) is 22.5. The van der Waals surface area contributed by atoms with Crippen LogP contribution in [0.2, 0.25) is 0 Å². The lowest BCUT2D eigenvalue weighted by molar-refractivity contribution is -0.133. The van der Waals surface area contributed by atoms with Gasteiger partial charge in [0.2, 0.25) is 5.91 Å². The molecule has 0 unspecified atom stereocenters. The smallest absolute Gasteiger partial charge is 0.320 e. The van der Waals surface area contributed by atoms with Gasteiger partial charge in [-0.1, -0.05) is 164 Å². The van der Waals surface area contributed by atoms with Crippen LogP contribution >= 0.6 is 0 Å². The first kappa shape index (κ1) is 76.2. The number of ether oxygens (including phenoxy) is 3. The Kier molecular flexibility index (Phi) is 22.1. The number of nitrogens with two attached hydrogens (primary N) is 3. The van der Waals surface area contributed by atoms with Gasteiger partial charge in [0.1, 0.15) is 17.5 Å². The van der Waals surface area contributed by atoms with E-state index < -0.39 is 5.92 Å². The number of nitrogens with zero attached hydrogens (tertiary/aromatic N) is 13. The number of nitrogens with one attached hydrogen (secondary N) is 3. The van der Waals surface area contributed by atoms with E-state index in [-0.39, 0.29) is 36.8 Å². The number of aromatic nitrogens is 12. The van der Waals surface area contributed by atoms with E-state index in [4.69, 9.17) is 31.4 Å². The summed E-state index contributed by atoms with van der Waals surface area (Å²) >= 11 is 0. The molecule has 0 atom stereocenters. The van der Waals surface area contributed by atoms with Crippen molar-refractivity contribution in [3.05, 3.63) is 231 Å². The number of hydrogen-bond acceptors (Lipinski definition) is 19. The molecule has 23 nitrogen and oxygen atoms in total. The van der Waals surface area contributed by atoms with Crippen molar-refractivity contribution < 1.29 is 27.8 Å². The summed E-state index contributed by atoms with van der Waals surface area (Å²) in [6, 6.07) is 47.2. The zero-order valence-electron chi connectivity index (χ0n) is 65.2. The molecule has 6 aromatic carbocycles. The summed E-state index contributed by atoms with van der Waals surface area (Å²) in [5.74, 6) is 1.13. The molecule has 12 aromatic rings. The normalized spacial score (nSPS) is 17.4. The lowest BCUT2D eigenvalue weighted by atomic mass is 9.78. The van der Waals surface area contributed by atoms with Crippen LogP contribution in [-0.4, -0.2) is 126 Å². The maximum atomic E-state index is 13.1. The number of benzene rings is 6. The van der Waals surface area contributed by atoms with Crippen LogP contribution in [0.5, 0.6) is 18.0 Å². The van der Waals surface area contributed by atoms with Crippen molar-refractivity contribution in [3.63, 3.8) is 0 Å². The number of imidazole rings is 3. The molecule has 1 amide bonds. The average Bonchev–Trinajstić information content (AvgIpc) is 1.62. The van der Waals surface area contributed by atoms with Gasteiger partial charge in [-0.25, -0.2) is 23.7 Å². The topological polar surface area (TPSA) is 293 Å². The fourth-order valence-electron chi connectivity index (χ4n) is 15.7. The lowest BCUT2D eigenvalue weighted by Gasteiger charge is -2.39. The van der Waals surface area contributed by atoms with Gasteiger partial charge in [-0.05, 0) is 169 Å². The van der Waals surface area contributed by atoms with E-state index in [0.29, 0.717) is 115 Å². The number of alkyl halides is 2. The largest absolute Gasteiger partial charge is 0.463 e. The minimum Gasteiger partial charge on any atom is -0.463 e. The first-order chi connectivity index (χ1) is 55.3. The Bertz CT molecular complexity index is 5620. The van der Waals surface area contributed by atoms with E-state index in [1.807, 2.05) is 30.2 Å². The highest BCUT2D eigenvalue weighted by Crippen LogP contribution is 2.39. The molecule has 18 rings (SSSR count). The van der Waals surface area contributed by atoms with Gasteiger partial charge in [-0.2, -0.15) is 29.9 Å². The van der Waals surface area contributed by atoms with Gasteiger partial charge >= 0.3 is 18.0 Å². The van der Waals surface area contributed by atoms with Gasteiger partial charge < -0.3 is 66.0 Å². The molecule has 114 heavy (non-hydrogen) atoms. The van der Waals surface area contributed by atoms with E-state index in [9.17, 15) is 13.6 Å². The van der Waals surface area contributed by atoms with Crippen molar-refractivity contribution in [2.75, 3.05) is 50.1 Å². The molecule has 1 saturated heterocycles. The zero-order valence-corrected chi connectivity index (χ0v) is 65.2. The van der Waals surface area contributed by atoms with E-state index in [2.05, 4.69) is 241 Å². The number of amides is 1. The van der Waals surface area contributed by atoms with Crippen molar-refractivity contribution >= 4 is 56.9 Å². The molecule has 12 bridgehead atoms. The molecule has 0 spiro atoms. The fraction of sp³-hybridized carbons (Fsp3) is 0.348. The van der Waals surface area contributed by atoms with Crippen LogP contribution in [0.25, 0.3) is 66.9 Å². The number of likely N-dealkylation sites (tertiary alicyclic amines) is 1. The second-order valence-electron chi connectivity index (χ2n) is 31.0. The van der Waals surface area contributed by atoms with Crippen molar-refractivity contribution in [2.45, 2.75) is 168 Å². The number of aryl methyl sites for hydroxylation is 3. The van der Waals surface area contributed by atoms with E-state index in [0.717, 1.165) is 98.9 Å². The highest BCUT2D eigenvalue weighted by Gasteiger charge is 2.45. The number of hydrogen-bond donors (Lipinski definition) is 6. The Morgan fingerprint density at radius 3 is 1.15 bits per heavy atom. The number of halogens is 2. The summed E-state index contributed by atoms with van der Waals surface area (Å²) in [5.41, 5.74) is 40.9. The van der Waals surface area contributed by atoms with Gasteiger partial charge in [0.25, 0.3) is 5.92 Å². The molecule has 3 fully saturated rings. The van der Waals surface area contributed by atoms with E-state index in [1.165, 1.54) is 86.0 Å². The fourth-order valence-corrected chi connectivity index (χ4v) is 15.7. The zero-order chi connectivity index (χ0) is 78.6. The number of rotatable bonds is 12. The number of fused-ring (bicyclic) bond motifs is 9. The highest BCUT2D eigenvalue weighted by atomic mass is 19.3.